The molecule has 0 saturated carbocycles. The zero-order valence-corrected chi connectivity index (χ0v) is 17.8. The fourth-order valence-electron chi connectivity index (χ4n) is 3.55. The van der Waals surface area contributed by atoms with Gasteiger partial charge >= 0.3 is 0 Å². The Morgan fingerprint density at radius 3 is 2.68 bits per heavy atom. The molecule has 0 radical (unpaired) electrons. The summed E-state index contributed by atoms with van der Waals surface area (Å²) in [6, 6.07) is 11.2. The van der Waals surface area contributed by atoms with Crippen molar-refractivity contribution in [3.63, 3.8) is 0 Å². The van der Waals surface area contributed by atoms with Crippen LogP contribution >= 0.6 is 24.0 Å². The standard InChI is InChI=1S/C19H30N4O.HI/c1-4-20-19(22-17-12-16-10-11-18(17)24-16)21-13-14(2)23(3)15-8-6-5-7-9-15;/h5-9,14,16-18H,4,10-13H2,1-3H3,(H2,20,21,22);1H. The second-order valence-electron chi connectivity index (χ2n) is 6.88. The summed E-state index contributed by atoms with van der Waals surface area (Å²) in [5.41, 5.74) is 1.22. The lowest BCUT2D eigenvalue weighted by atomic mass is 9.96. The van der Waals surface area contributed by atoms with Crippen LogP contribution < -0.4 is 15.5 Å². The van der Waals surface area contributed by atoms with Gasteiger partial charge in [0.25, 0.3) is 0 Å². The summed E-state index contributed by atoms with van der Waals surface area (Å²) in [4.78, 5) is 7.08. The Bertz CT molecular complexity index is 554. The molecule has 2 bridgehead atoms. The number of hydrogen-bond acceptors (Lipinski definition) is 3. The molecule has 0 amide bonds. The maximum atomic E-state index is 5.93. The van der Waals surface area contributed by atoms with Crippen molar-refractivity contribution in [2.45, 2.75) is 57.4 Å². The summed E-state index contributed by atoms with van der Waals surface area (Å²) in [5, 5.41) is 6.95. The number of guanidine groups is 1. The van der Waals surface area contributed by atoms with E-state index >= 15 is 0 Å². The van der Waals surface area contributed by atoms with Crippen LogP contribution in [0.2, 0.25) is 0 Å². The molecule has 6 heteroatoms. The Labute approximate surface area is 168 Å². The fourth-order valence-corrected chi connectivity index (χ4v) is 3.55. The molecule has 0 spiro atoms. The molecule has 2 aliphatic heterocycles. The number of para-hydroxylation sites is 1. The molecule has 2 saturated heterocycles. The van der Waals surface area contributed by atoms with Gasteiger partial charge in [-0.15, -0.1) is 24.0 Å². The van der Waals surface area contributed by atoms with Crippen LogP contribution in [-0.4, -0.2) is 50.4 Å². The molecule has 25 heavy (non-hydrogen) atoms. The third-order valence-electron chi connectivity index (χ3n) is 5.11. The first-order chi connectivity index (χ1) is 11.7. The second kappa shape index (κ2) is 9.62. The van der Waals surface area contributed by atoms with E-state index in [0.29, 0.717) is 24.3 Å². The van der Waals surface area contributed by atoms with Gasteiger partial charge in [0, 0.05) is 25.3 Å². The van der Waals surface area contributed by atoms with Crippen molar-refractivity contribution in [1.82, 2.24) is 10.6 Å². The highest BCUT2D eigenvalue weighted by molar-refractivity contribution is 14.0. The smallest absolute Gasteiger partial charge is 0.191 e. The Morgan fingerprint density at radius 2 is 2.08 bits per heavy atom. The Morgan fingerprint density at radius 1 is 1.32 bits per heavy atom. The Balaban J connectivity index is 0.00000225. The van der Waals surface area contributed by atoms with Gasteiger partial charge < -0.3 is 20.3 Å². The third kappa shape index (κ3) is 5.23. The van der Waals surface area contributed by atoms with E-state index in [0.717, 1.165) is 25.5 Å². The number of halogens is 1. The van der Waals surface area contributed by atoms with E-state index in [4.69, 9.17) is 9.73 Å². The fraction of sp³-hybridized carbons (Fsp3) is 0.632. The molecule has 2 fully saturated rings. The van der Waals surface area contributed by atoms with Gasteiger partial charge in [-0.2, -0.15) is 0 Å². The van der Waals surface area contributed by atoms with Gasteiger partial charge in [-0.3, -0.25) is 4.99 Å². The summed E-state index contributed by atoms with van der Waals surface area (Å²) in [6.07, 6.45) is 4.32. The summed E-state index contributed by atoms with van der Waals surface area (Å²) in [7, 11) is 2.12. The first-order valence-electron chi connectivity index (χ1n) is 9.15. The van der Waals surface area contributed by atoms with Gasteiger partial charge in [0.15, 0.2) is 5.96 Å². The maximum Gasteiger partial charge on any atom is 0.191 e. The van der Waals surface area contributed by atoms with Crippen molar-refractivity contribution in [2.75, 3.05) is 25.0 Å². The normalized spacial score (nSPS) is 26.0. The van der Waals surface area contributed by atoms with Crippen LogP contribution in [0.25, 0.3) is 0 Å². The number of benzene rings is 1. The molecule has 2 heterocycles. The lowest BCUT2D eigenvalue weighted by Crippen LogP contribution is -2.48. The SMILES string of the molecule is CCNC(=NCC(C)N(C)c1ccccc1)NC1CC2CCC1O2.I. The molecular weight excluding hydrogens is 427 g/mol. The van der Waals surface area contributed by atoms with Crippen molar-refractivity contribution in [1.29, 1.82) is 0 Å². The average Bonchev–Trinajstić information content (AvgIpc) is 3.22. The first kappa shape index (κ1) is 20.3. The van der Waals surface area contributed by atoms with E-state index < -0.39 is 0 Å². The molecule has 1 aromatic carbocycles. The second-order valence-corrected chi connectivity index (χ2v) is 6.88. The summed E-state index contributed by atoms with van der Waals surface area (Å²) in [5.74, 6) is 0.909. The van der Waals surface area contributed by atoms with E-state index in [1.54, 1.807) is 0 Å². The van der Waals surface area contributed by atoms with Gasteiger partial charge in [-0.25, -0.2) is 0 Å². The van der Waals surface area contributed by atoms with Crippen molar-refractivity contribution >= 4 is 35.6 Å². The van der Waals surface area contributed by atoms with E-state index in [9.17, 15) is 0 Å². The highest BCUT2D eigenvalue weighted by Gasteiger charge is 2.41. The molecule has 1 aromatic rings. The number of nitrogens with zero attached hydrogens (tertiary/aromatic N) is 2. The zero-order chi connectivity index (χ0) is 16.9. The summed E-state index contributed by atoms with van der Waals surface area (Å²) >= 11 is 0. The van der Waals surface area contributed by atoms with E-state index in [2.05, 4.69) is 60.7 Å². The van der Waals surface area contributed by atoms with Crippen LogP contribution in [0.15, 0.2) is 35.3 Å². The molecule has 3 rings (SSSR count). The maximum absolute atomic E-state index is 5.93. The van der Waals surface area contributed by atoms with Crippen molar-refractivity contribution in [3.8, 4) is 0 Å². The van der Waals surface area contributed by atoms with Crippen LogP contribution in [0, 0.1) is 0 Å². The van der Waals surface area contributed by atoms with Gasteiger partial charge in [-0.1, -0.05) is 18.2 Å². The first-order valence-corrected chi connectivity index (χ1v) is 9.15. The topological polar surface area (TPSA) is 48.9 Å². The van der Waals surface area contributed by atoms with Gasteiger partial charge in [0.05, 0.1) is 24.8 Å². The van der Waals surface area contributed by atoms with Crippen LogP contribution in [0.5, 0.6) is 0 Å². The van der Waals surface area contributed by atoms with E-state index in [-0.39, 0.29) is 24.0 Å². The molecule has 2 aliphatic rings. The number of nitrogens with one attached hydrogen (secondary N) is 2. The molecule has 2 N–H and O–H groups in total. The molecule has 4 atom stereocenters. The van der Waals surface area contributed by atoms with Crippen LogP contribution in [0.1, 0.15) is 33.1 Å². The van der Waals surface area contributed by atoms with Crippen molar-refractivity contribution in [3.05, 3.63) is 30.3 Å². The van der Waals surface area contributed by atoms with Crippen LogP contribution in [-0.2, 0) is 4.74 Å². The molecule has 140 valence electrons. The number of ether oxygens (including phenoxy) is 1. The van der Waals surface area contributed by atoms with Crippen LogP contribution in [0.3, 0.4) is 0 Å². The number of likely N-dealkylation sites (N-methyl/N-ethyl adjacent to an activating group) is 1. The molecule has 0 aromatic heterocycles. The highest BCUT2D eigenvalue weighted by Crippen LogP contribution is 2.34. The monoisotopic (exact) mass is 458 g/mol. The third-order valence-corrected chi connectivity index (χ3v) is 5.11. The molecule has 0 aliphatic carbocycles. The number of aliphatic imine (C=N–C) groups is 1. The van der Waals surface area contributed by atoms with Gasteiger partial charge in [-0.05, 0) is 45.2 Å². The average molecular weight is 458 g/mol. The number of anilines is 1. The zero-order valence-electron chi connectivity index (χ0n) is 15.4. The van der Waals surface area contributed by atoms with E-state index in [1.807, 2.05) is 6.07 Å². The summed E-state index contributed by atoms with van der Waals surface area (Å²) in [6.45, 7) is 5.94. The minimum atomic E-state index is 0. The van der Waals surface area contributed by atoms with Gasteiger partial charge in [0.1, 0.15) is 0 Å². The summed E-state index contributed by atoms with van der Waals surface area (Å²) < 4.78 is 5.93. The Kier molecular flexibility index (Phi) is 7.81. The molecular formula is C19H31IN4O. The minimum absolute atomic E-state index is 0. The predicted molar refractivity (Wildman–Crippen MR) is 115 cm³/mol. The molecule has 4 unspecified atom stereocenters. The molecule has 5 nitrogen and oxygen atoms in total. The number of rotatable bonds is 6. The van der Waals surface area contributed by atoms with Crippen LogP contribution in [0.4, 0.5) is 5.69 Å². The minimum Gasteiger partial charge on any atom is -0.373 e. The Hall–Kier alpha value is -1.02. The predicted octanol–water partition coefficient (Wildman–Crippen LogP) is 3.00. The quantitative estimate of drug-likeness (QED) is 0.391. The lowest BCUT2D eigenvalue weighted by molar-refractivity contribution is 0.0992. The number of hydrogen-bond donors (Lipinski definition) is 2. The van der Waals surface area contributed by atoms with Crippen molar-refractivity contribution in [2.24, 2.45) is 4.99 Å². The number of fused-ring (bicyclic) bond motifs is 2. The van der Waals surface area contributed by atoms with Gasteiger partial charge in [0.2, 0.25) is 0 Å². The van der Waals surface area contributed by atoms with E-state index in [1.165, 1.54) is 18.5 Å². The van der Waals surface area contributed by atoms with Crippen molar-refractivity contribution < 1.29 is 4.74 Å². The largest absolute Gasteiger partial charge is 0.373 e. The lowest BCUT2D eigenvalue weighted by Gasteiger charge is -2.27. The highest BCUT2D eigenvalue weighted by atomic mass is 127.